The summed E-state index contributed by atoms with van der Waals surface area (Å²) in [5, 5.41) is 2.98. The molecular formula is C16H23N3O2. The van der Waals surface area contributed by atoms with Gasteiger partial charge in [0.2, 0.25) is 5.91 Å². The van der Waals surface area contributed by atoms with Crippen molar-refractivity contribution in [3.63, 3.8) is 0 Å². The first kappa shape index (κ1) is 15.4. The van der Waals surface area contributed by atoms with E-state index in [0.29, 0.717) is 19.5 Å². The number of benzene rings is 1. The van der Waals surface area contributed by atoms with E-state index in [1.165, 1.54) is 4.90 Å². The lowest BCUT2D eigenvalue weighted by atomic mass is 10.0. The van der Waals surface area contributed by atoms with Crippen LogP contribution in [0.25, 0.3) is 0 Å². The lowest BCUT2D eigenvalue weighted by Crippen LogP contribution is -2.49. The molecule has 1 aliphatic heterocycles. The molecule has 1 fully saturated rings. The molecule has 0 aromatic heterocycles. The third-order valence-electron chi connectivity index (χ3n) is 3.78. The molecule has 0 spiro atoms. The number of carbonyl (C=O) groups excluding carboxylic acids is 2. The maximum absolute atomic E-state index is 12.2. The summed E-state index contributed by atoms with van der Waals surface area (Å²) in [7, 11) is 3.46. The first-order valence-electron chi connectivity index (χ1n) is 7.36. The van der Waals surface area contributed by atoms with Crippen LogP contribution < -0.4 is 5.32 Å². The van der Waals surface area contributed by atoms with E-state index in [-0.39, 0.29) is 18.0 Å². The fourth-order valence-electron chi connectivity index (χ4n) is 2.46. The van der Waals surface area contributed by atoms with E-state index in [0.717, 1.165) is 18.4 Å². The Morgan fingerprint density at radius 1 is 1.19 bits per heavy atom. The highest BCUT2D eigenvalue weighted by molar-refractivity contribution is 5.79. The maximum Gasteiger partial charge on any atom is 0.317 e. The van der Waals surface area contributed by atoms with Crippen molar-refractivity contribution in [2.75, 3.05) is 27.2 Å². The maximum atomic E-state index is 12.2. The van der Waals surface area contributed by atoms with Crippen LogP contribution in [0.5, 0.6) is 0 Å². The number of hydrogen-bond acceptors (Lipinski definition) is 2. The van der Waals surface area contributed by atoms with Crippen LogP contribution in [-0.4, -0.2) is 55.0 Å². The SMILES string of the molecule is CN(C)C(=O)NC1CCN(C(=O)Cc2ccccc2)CC1. The number of piperidine rings is 1. The summed E-state index contributed by atoms with van der Waals surface area (Å²) < 4.78 is 0. The van der Waals surface area contributed by atoms with Crippen LogP contribution in [0.15, 0.2) is 30.3 Å². The fourth-order valence-corrected chi connectivity index (χ4v) is 2.46. The van der Waals surface area contributed by atoms with Gasteiger partial charge in [-0.25, -0.2) is 4.79 Å². The average molecular weight is 289 g/mol. The number of urea groups is 1. The van der Waals surface area contributed by atoms with Gasteiger partial charge in [-0.3, -0.25) is 4.79 Å². The first-order chi connectivity index (χ1) is 10.1. The van der Waals surface area contributed by atoms with Crippen LogP contribution in [0, 0.1) is 0 Å². The second kappa shape index (κ2) is 7.11. The Morgan fingerprint density at radius 2 is 1.81 bits per heavy atom. The molecule has 5 heteroatoms. The van der Waals surface area contributed by atoms with Gasteiger partial charge in [0.1, 0.15) is 0 Å². The van der Waals surface area contributed by atoms with Crippen molar-refractivity contribution in [1.29, 1.82) is 0 Å². The second-order valence-electron chi connectivity index (χ2n) is 5.66. The molecule has 1 aromatic rings. The normalized spacial score (nSPS) is 15.6. The Balaban J connectivity index is 1.78. The van der Waals surface area contributed by atoms with Crippen molar-refractivity contribution >= 4 is 11.9 Å². The van der Waals surface area contributed by atoms with Crippen LogP contribution in [0.4, 0.5) is 4.79 Å². The minimum absolute atomic E-state index is 0.0657. The lowest BCUT2D eigenvalue weighted by molar-refractivity contribution is -0.131. The Morgan fingerprint density at radius 3 is 2.38 bits per heavy atom. The van der Waals surface area contributed by atoms with Crippen molar-refractivity contribution in [1.82, 2.24) is 15.1 Å². The van der Waals surface area contributed by atoms with E-state index >= 15 is 0 Å². The number of amides is 3. The molecule has 1 aromatic carbocycles. The topological polar surface area (TPSA) is 52.7 Å². The monoisotopic (exact) mass is 289 g/mol. The predicted octanol–water partition coefficient (Wildman–Crippen LogP) is 1.49. The summed E-state index contributed by atoms with van der Waals surface area (Å²) in [4.78, 5) is 27.3. The lowest BCUT2D eigenvalue weighted by Gasteiger charge is -2.33. The van der Waals surface area contributed by atoms with Crippen molar-refractivity contribution < 1.29 is 9.59 Å². The average Bonchev–Trinajstić information content (AvgIpc) is 2.48. The molecule has 2 rings (SSSR count). The van der Waals surface area contributed by atoms with Gasteiger partial charge in [0.25, 0.3) is 0 Å². The van der Waals surface area contributed by atoms with Gasteiger partial charge >= 0.3 is 6.03 Å². The fraction of sp³-hybridized carbons (Fsp3) is 0.500. The molecule has 1 aliphatic rings. The minimum atomic E-state index is -0.0657. The van der Waals surface area contributed by atoms with Gasteiger partial charge in [-0.2, -0.15) is 0 Å². The summed E-state index contributed by atoms with van der Waals surface area (Å²) in [5.74, 6) is 0.165. The van der Waals surface area contributed by atoms with E-state index in [9.17, 15) is 9.59 Å². The van der Waals surface area contributed by atoms with Crippen LogP contribution in [-0.2, 0) is 11.2 Å². The molecular weight excluding hydrogens is 266 g/mol. The summed E-state index contributed by atoms with van der Waals surface area (Å²) in [6.07, 6.45) is 2.09. The Labute approximate surface area is 125 Å². The molecule has 0 aliphatic carbocycles. The van der Waals surface area contributed by atoms with Gasteiger partial charge in [0.05, 0.1) is 6.42 Å². The van der Waals surface area contributed by atoms with E-state index in [1.807, 2.05) is 35.2 Å². The third kappa shape index (κ3) is 4.48. The largest absolute Gasteiger partial charge is 0.342 e. The molecule has 0 unspecified atom stereocenters. The Bertz CT molecular complexity index is 480. The standard InChI is InChI=1S/C16H23N3O2/c1-18(2)16(21)17-14-8-10-19(11-9-14)15(20)12-13-6-4-3-5-7-13/h3-7,14H,8-12H2,1-2H3,(H,17,21). The molecule has 21 heavy (non-hydrogen) atoms. The molecule has 0 bridgehead atoms. The first-order valence-corrected chi connectivity index (χ1v) is 7.36. The van der Waals surface area contributed by atoms with Crippen LogP contribution >= 0.6 is 0 Å². The highest BCUT2D eigenvalue weighted by Crippen LogP contribution is 2.12. The van der Waals surface area contributed by atoms with Gasteiger partial charge in [-0.05, 0) is 18.4 Å². The molecule has 3 amide bonds. The smallest absolute Gasteiger partial charge is 0.317 e. The molecule has 0 radical (unpaired) electrons. The highest BCUT2D eigenvalue weighted by Gasteiger charge is 2.24. The predicted molar refractivity (Wildman–Crippen MR) is 82.0 cm³/mol. The molecule has 0 atom stereocenters. The number of hydrogen-bond donors (Lipinski definition) is 1. The summed E-state index contributed by atoms with van der Waals surface area (Å²) in [6.45, 7) is 1.42. The summed E-state index contributed by atoms with van der Waals surface area (Å²) in [6, 6.07) is 9.90. The summed E-state index contributed by atoms with van der Waals surface area (Å²) >= 11 is 0. The van der Waals surface area contributed by atoms with Crippen molar-refractivity contribution in [3.8, 4) is 0 Å². The van der Waals surface area contributed by atoms with Crippen LogP contribution in [0.1, 0.15) is 18.4 Å². The molecule has 0 saturated carbocycles. The van der Waals surface area contributed by atoms with E-state index in [4.69, 9.17) is 0 Å². The van der Waals surface area contributed by atoms with Crippen LogP contribution in [0.3, 0.4) is 0 Å². The Kier molecular flexibility index (Phi) is 5.20. The number of nitrogens with zero attached hydrogens (tertiary/aromatic N) is 2. The molecule has 114 valence electrons. The number of carbonyl (C=O) groups is 2. The van der Waals surface area contributed by atoms with Crippen molar-refractivity contribution in [3.05, 3.63) is 35.9 Å². The number of likely N-dealkylation sites (tertiary alicyclic amines) is 1. The van der Waals surface area contributed by atoms with E-state index in [2.05, 4.69) is 5.32 Å². The van der Waals surface area contributed by atoms with Gasteiger partial charge < -0.3 is 15.1 Å². The number of nitrogens with one attached hydrogen (secondary N) is 1. The summed E-state index contributed by atoms with van der Waals surface area (Å²) in [5.41, 5.74) is 1.05. The number of rotatable bonds is 3. The van der Waals surface area contributed by atoms with Gasteiger partial charge in [-0.15, -0.1) is 0 Å². The zero-order valence-electron chi connectivity index (χ0n) is 12.7. The van der Waals surface area contributed by atoms with E-state index < -0.39 is 0 Å². The van der Waals surface area contributed by atoms with Gasteiger partial charge in [-0.1, -0.05) is 30.3 Å². The molecule has 1 saturated heterocycles. The van der Waals surface area contributed by atoms with Crippen molar-refractivity contribution in [2.24, 2.45) is 0 Å². The Hall–Kier alpha value is -2.04. The molecule has 5 nitrogen and oxygen atoms in total. The highest BCUT2D eigenvalue weighted by atomic mass is 16.2. The molecule has 1 heterocycles. The quantitative estimate of drug-likeness (QED) is 0.916. The zero-order chi connectivity index (χ0) is 15.2. The van der Waals surface area contributed by atoms with Crippen molar-refractivity contribution in [2.45, 2.75) is 25.3 Å². The third-order valence-corrected chi connectivity index (χ3v) is 3.78. The molecule has 1 N–H and O–H groups in total. The van der Waals surface area contributed by atoms with E-state index in [1.54, 1.807) is 14.1 Å². The van der Waals surface area contributed by atoms with Crippen LogP contribution in [0.2, 0.25) is 0 Å². The van der Waals surface area contributed by atoms with Gasteiger partial charge in [0.15, 0.2) is 0 Å². The zero-order valence-corrected chi connectivity index (χ0v) is 12.7. The minimum Gasteiger partial charge on any atom is -0.342 e. The second-order valence-corrected chi connectivity index (χ2v) is 5.66. The van der Waals surface area contributed by atoms with Gasteiger partial charge in [0, 0.05) is 33.2 Å².